The Hall–Kier alpha value is -3.01. The summed E-state index contributed by atoms with van der Waals surface area (Å²) < 4.78 is 10.4. The number of aryl methyl sites for hydroxylation is 1. The summed E-state index contributed by atoms with van der Waals surface area (Å²) in [5, 5.41) is 0. The summed E-state index contributed by atoms with van der Waals surface area (Å²) in [4.78, 5) is 4.78. The van der Waals surface area contributed by atoms with Crippen molar-refractivity contribution in [2.45, 2.75) is 6.92 Å². The van der Waals surface area contributed by atoms with E-state index in [0.717, 1.165) is 39.6 Å². The van der Waals surface area contributed by atoms with Crippen LogP contribution in [0.1, 0.15) is 5.56 Å². The van der Waals surface area contributed by atoms with Crippen molar-refractivity contribution in [3.05, 3.63) is 60.2 Å². The molecule has 0 unspecified atom stereocenters. The van der Waals surface area contributed by atoms with Gasteiger partial charge in [-0.15, -0.1) is 0 Å². The quantitative estimate of drug-likeness (QED) is 0.777. The highest BCUT2D eigenvalue weighted by Crippen LogP contribution is 2.32. The van der Waals surface area contributed by atoms with Gasteiger partial charge in [0.15, 0.2) is 0 Å². The highest BCUT2D eigenvalue weighted by Gasteiger charge is 2.11. The molecule has 0 saturated heterocycles. The number of anilines is 1. The molecule has 4 nitrogen and oxygen atoms in total. The van der Waals surface area contributed by atoms with Crippen molar-refractivity contribution in [3.63, 3.8) is 0 Å². The number of nitrogens with two attached hydrogens (primary N) is 1. The van der Waals surface area contributed by atoms with Crippen LogP contribution in [0, 0.1) is 6.92 Å². The monoisotopic (exact) mass is 320 g/mol. The summed E-state index contributed by atoms with van der Waals surface area (Å²) >= 11 is 0. The number of pyridine rings is 1. The third-order valence-electron chi connectivity index (χ3n) is 4.01. The molecule has 3 rings (SSSR count). The number of hydrogen-bond donors (Lipinski definition) is 1. The highest BCUT2D eigenvalue weighted by atomic mass is 16.5. The summed E-state index contributed by atoms with van der Waals surface area (Å²) in [5.74, 6) is 1.63. The molecular weight excluding hydrogens is 300 g/mol. The molecule has 0 radical (unpaired) electrons. The van der Waals surface area contributed by atoms with Crippen molar-refractivity contribution in [1.82, 2.24) is 4.98 Å². The Labute approximate surface area is 141 Å². The van der Waals surface area contributed by atoms with Gasteiger partial charge in [-0.3, -0.25) is 0 Å². The first kappa shape index (κ1) is 15.9. The van der Waals surface area contributed by atoms with Gasteiger partial charge in [-0.05, 0) is 67.1 Å². The fraction of sp³-hybridized carbons (Fsp3) is 0.150. The summed E-state index contributed by atoms with van der Waals surface area (Å²) in [6.45, 7) is 2.00. The zero-order valence-electron chi connectivity index (χ0n) is 14.0. The van der Waals surface area contributed by atoms with Gasteiger partial charge in [-0.25, -0.2) is 4.98 Å². The number of benzene rings is 2. The topological polar surface area (TPSA) is 57.4 Å². The number of nitrogen functional groups attached to an aromatic ring is 1. The van der Waals surface area contributed by atoms with Crippen LogP contribution in [0.2, 0.25) is 0 Å². The van der Waals surface area contributed by atoms with E-state index in [0.29, 0.717) is 5.69 Å². The first-order valence-corrected chi connectivity index (χ1v) is 7.68. The normalized spacial score (nSPS) is 10.5. The lowest BCUT2D eigenvalue weighted by Gasteiger charge is -2.12. The van der Waals surface area contributed by atoms with Crippen LogP contribution in [0.4, 0.5) is 5.69 Å². The number of rotatable bonds is 4. The molecule has 0 aliphatic carbocycles. The van der Waals surface area contributed by atoms with Gasteiger partial charge in [-0.1, -0.05) is 0 Å². The Balaban J connectivity index is 2.07. The second-order valence-corrected chi connectivity index (χ2v) is 5.54. The fourth-order valence-electron chi connectivity index (χ4n) is 2.56. The van der Waals surface area contributed by atoms with Crippen LogP contribution >= 0.6 is 0 Å². The van der Waals surface area contributed by atoms with E-state index in [1.165, 1.54) is 0 Å². The summed E-state index contributed by atoms with van der Waals surface area (Å²) in [6, 6.07) is 17.6. The van der Waals surface area contributed by atoms with Crippen LogP contribution in [0.5, 0.6) is 11.5 Å². The molecule has 2 aromatic carbocycles. The zero-order valence-corrected chi connectivity index (χ0v) is 14.0. The van der Waals surface area contributed by atoms with Gasteiger partial charge in [0, 0.05) is 11.1 Å². The minimum Gasteiger partial charge on any atom is -0.497 e. The van der Waals surface area contributed by atoms with Crippen LogP contribution in [0.3, 0.4) is 0 Å². The van der Waals surface area contributed by atoms with Crippen LogP contribution in [0.15, 0.2) is 54.6 Å². The number of methoxy groups -OCH3 is 2. The van der Waals surface area contributed by atoms with E-state index < -0.39 is 0 Å². The van der Waals surface area contributed by atoms with Gasteiger partial charge in [-0.2, -0.15) is 0 Å². The Morgan fingerprint density at radius 2 is 1.29 bits per heavy atom. The molecule has 4 heteroatoms. The van der Waals surface area contributed by atoms with Crippen LogP contribution in [0.25, 0.3) is 22.5 Å². The first-order valence-electron chi connectivity index (χ1n) is 7.68. The molecule has 0 amide bonds. The average molecular weight is 320 g/mol. The maximum atomic E-state index is 6.26. The van der Waals surface area contributed by atoms with Crippen molar-refractivity contribution in [3.8, 4) is 34.0 Å². The first-order chi connectivity index (χ1) is 11.6. The van der Waals surface area contributed by atoms with E-state index in [9.17, 15) is 0 Å². The number of nitrogens with zero attached hydrogens (tertiary/aromatic N) is 1. The molecule has 0 saturated carbocycles. The van der Waals surface area contributed by atoms with Gasteiger partial charge in [0.2, 0.25) is 0 Å². The Bertz CT molecular complexity index is 841. The molecule has 3 aromatic rings. The second kappa shape index (κ2) is 6.62. The van der Waals surface area contributed by atoms with Gasteiger partial charge < -0.3 is 15.2 Å². The molecule has 1 heterocycles. The lowest BCUT2D eigenvalue weighted by molar-refractivity contribution is 0.415. The molecule has 0 aliphatic heterocycles. The molecule has 0 atom stereocenters. The summed E-state index contributed by atoms with van der Waals surface area (Å²) in [7, 11) is 3.30. The summed E-state index contributed by atoms with van der Waals surface area (Å²) in [5.41, 5.74) is 11.6. The Morgan fingerprint density at radius 3 is 1.79 bits per heavy atom. The predicted molar refractivity (Wildman–Crippen MR) is 97.4 cm³/mol. The molecule has 0 aliphatic rings. The molecule has 0 fully saturated rings. The molecule has 122 valence electrons. The average Bonchev–Trinajstić information content (AvgIpc) is 2.64. The smallest absolute Gasteiger partial charge is 0.118 e. The van der Waals surface area contributed by atoms with Gasteiger partial charge in [0.1, 0.15) is 11.5 Å². The standard InChI is InChI=1S/C20H20N2O2/c1-13-12-18(14-4-8-16(23-2)9-5-14)22-20(19(13)21)15-6-10-17(24-3)11-7-15/h4-12H,21H2,1-3H3. The van der Waals surface area contributed by atoms with Gasteiger partial charge in [0.05, 0.1) is 31.3 Å². The van der Waals surface area contributed by atoms with Crippen molar-refractivity contribution in [2.24, 2.45) is 0 Å². The highest BCUT2D eigenvalue weighted by molar-refractivity contribution is 5.78. The molecule has 1 aromatic heterocycles. The van der Waals surface area contributed by atoms with Gasteiger partial charge >= 0.3 is 0 Å². The van der Waals surface area contributed by atoms with E-state index in [1.807, 2.05) is 61.5 Å². The van der Waals surface area contributed by atoms with Crippen molar-refractivity contribution >= 4 is 5.69 Å². The van der Waals surface area contributed by atoms with E-state index in [-0.39, 0.29) is 0 Å². The minimum absolute atomic E-state index is 0.692. The predicted octanol–water partition coefficient (Wildman–Crippen LogP) is 4.32. The molecular formula is C20H20N2O2. The maximum absolute atomic E-state index is 6.26. The SMILES string of the molecule is COc1ccc(-c2cc(C)c(N)c(-c3ccc(OC)cc3)n2)cc1. The third kappa shape index (κ3) is 3.04. The summed E-state index contributed by atoms with van der Waals surface area (Å²) in [6.07, 6.45) is 0. The van der Waals surface area contributed by atoms with Gasteiger partial charge in [0.25, 0.3) is 0 Å². The van der Waals surface area contributed by atoms with Crippen molar-refractivity contribution in [1.29, 1.82) is 0 Å². The van der Waals surface area contributed by atoms with Crippen molar-refractivity contribution < 1.29 is 9.47 Å². The maximum Gasteiger partial charge on any atom is 0.118 e. The number of ether oxygens (including phenoxy) is 2. The molecule has 0 bridgehead atoms. The fourth-order valence-corrected chi connectivity index (χ4v) is 2.56. The molecule has 2 N–H and O–H groups in total. The van der Waals surface area contributed by atoms with E-state index in [4.69, 9.17) is 20.2 Å². The number of aromatic nitrogens is 1. The lowest BCUT2D eigenvalue weighted by atomic mass is 10.0. The van der Waals surface area contributed by atoms with Crippen LogP contribution in [-0.4, -0.2) is 19.2 Å². The van der Waals surface area contributed by atoms with E-state index in [1.54, 1.807) is 14.2 Å². The lowest BCUT2D eigenvalue weighted by Crippen LogP contribution is -1.99. The van der Waals surface area contributed by atoms with E-state index in [2.05, 4.69) is 0 Å². The number of hydrogen-bond acceptors (Lipinski definition) is 4. The van der Waals surface area contributed by atoms with E-state index >= 15 is 0 Å². The Kier molecular flexibility index (Phi) is 4.38. The zero-order chi connectivity index (χ0) is 17.1. The largest absolute Gasteiger partial charge is 0.497 e. The van der Waals surface area contributed by atoms with Crippen LogP contribution in [-0.2, 0) is 0 Å². The van der Waals surface area contributed by atoms with Crippen molar-refractivity contribution in [2.75, 3.05) is 20.0 Å². The molecule has 0 spiro atoms. The second-order valence-electron chi connectivity index (χ2n) is 5.54. The van der Waals surface area contributed by atoms with Crippen LogP contribution < -0.4 is 15.2 Å². The minimum atomic E-state index is 0.692. The molecule has 24 heavy (non-hydrogen) atoms. The third-order valence-corrected chi connectivity index (χ3v) is 4.01. The Morgan fingerprint density at radius 1 is 0.792 bits per heavy atom.